The third-order valence-corrected chi connectivity index (χ3v) is 17.4. The zero-order valence-electron chi connectivity index (χ0n) is 33.6. The van der Waals surface area contributed by atoms with Gasteiger partial charge in [0.15, 0.2) is 12.6 Å². The summed E-state index contributed by atoms with van der Waals surface area (Å²) in [6, 6.07) is 0. The lowest BCUT2D eigenvalue weighted by atomic mass is 9.33. The molecule has 5 aliphatic carbocycles. The third-order valence-electron chi connectivity index (χ3n) is 17.4. The molecule has 7 fully saturated rings. The number of aliphatic carboxylic acids is 1. The summed E-state index contributed by atoms with van der Waals surface area (Å²) in [5.41, 5.74) is -3.53. The SMILES string of the molecule is CC1(C)C[C@H]2C3=CC[C@@H]4[C@@]5(C)C[C@H](O)[C@H](O[C@@H]6O[C@H](CO)[C@@H](O[C@@H]7OC[C@@H](O)[C@H](O)[C@H]7O)[C@H](O)[C@H]6O)[C@@](C)(C(=O)O)[C@@H]5CC[C@@]4(C)[C@]3(C)C[C@@H](O)[C@@]23C[C@@H]1OC3=O. The Morgan fingerprint density at radius 1 is 0.842 bits per heavy atom. The minimum atomic E-state index is -1.87. The van der Waals surface area contributed by atoms with Crippen LogP contribution in [0.1, 0.15) is 86.5 Å². The summed E-state index contributed by atoms with van der Waals surface area (Å²) in [5, 5.41) is 98.3. The Morgan fingerprint density at radius 2 is 1.53 bits per heavy atom. The van der Waals surface area contributed by atoms with E-state index in [1.54, 1.807) is 6.92 Å². The van der Waals surface area contributed by atoms with Crippen molar-refractivity contribution in [2.45, 2.75) is 166 Å². The predicted octanol–water partition coefficient (Wildman–Crippen LogP) is -0.0219. The maximum Gasteiger partial charge on any atom is 0.315 e. The van der Waals surface area contributed by atoms with Gasteiger partial charge in [-0.2, -0.15) is 0 Å². The molecule has 3 saturated heterocycles. The number of carboxylic acids is 1. The van der Waals surface area contributed by atoms with E-state index < -0.39 is 126 Å². The lowest BCUT2D eigenvalue weighted by Gasteiger charge is -2.71. The van der Waals surface area contributed by atoms with Crippen LogP contribution in [0.15, 0.2) is 11.6 Å². The number of esters is 1. The number of fused-ring (bicyclic) bond motifs is 7. The molecule has 8 aliphatic rings. The Balaban J connectivity index is 1.07. The van der Waals surface area contributed by atoms with Crippen molar-refractivity contribution in [1.29, 1.82) is 0 Å². The summed E-state index contributed by atoms with van der Waals surface area (Å²) in [7, 11) is 0. The molecule has 4 saturated carbocycles. The van der Waals surface area contributed by atoms with Gasteiger partial charge in [0.2, 0.25) is 0 Å². The van der Waals surface area contributed by atoms with Gasteiger partial charge in [0.05, 0.1) is 30.8 Å². The Bertz CT molecular complexity index is 1650. The quantitative estimate of drug-likeness (QED) is 0.0970. The molecule has 16 nitrogen and oxygen atoms in total. The van der Waals surface area contributed by atoms with Crippen LogP contribution in [-0.2, 0) is 33.3 Å². The number of rotatable bonds is 6. The van der Waals surface area contributed by atoms with E-state index in [0.29, 0.717) is 38.5 Å². The number of hydrogen-bond acceptors (Lipinski definition) is 15. The largest absolute Gasteiger partial charge is 0.481 e. The van der Waals surface area contributed by atoms with Crippen molar-refractivity contribution in [1.82, 2.24) is 0 Å². The van der Waals surface area contributed by atoms with Gasteiger partial charge in [-0.15, -0.1) is 0 Å². The molecule has 57 heavy (non-hydrogen) atoms. The predicted molar refractivity (Wildman–Crippen MR) is 194 cm³/mol. The molecule has 8 rings (SSSR count). The van der Waals surface area contributed by atoms with Gasteiger partial charge in [-0.25, -0.2) is 0 Å². The first-order valence-electron chi connectivity index (χ1n) is 20.6. The molecule has 0 amide bonds. The van der Waals surface area contributed by atoms with Crippen LogP contribution in [0.4, 0.5) is 0 Å². The Morgan fingerprint density at radius 3 is 2.19 bits per heavy atom. The number of aliphatic hydroxyl groups excluding tert-OH is 8. The van der Waals surface area contributed by atoms with Crippen LogP contribution in [0, 0.1) is 50.2 Å². The summed E-state index contributed by atoms with van der Waals surface area (Å²) in [4.78, 5) is 27.3. The first kappa shape index (κ1) is 41.9. The zero-order chi connectivity index (χ0) is 41.6. The number of allylic oxidation sites excluding steroid dienone is 2. The highest BCUT2D eigenvalue weighted by Gasteiger charge is 2.76. The number of hydrogen-bond donors (Lipinski definition) is 9. The standard InChI is InChI=1S/C41H62O16/c1-36(2)11-18-17-7-8-22-37(3)12-19(43)31(57-33-29(49)27(47)30(21(15-42)54-33)56-32-28(48)26(46)20(44)16-53-32)40(6,34(50)51)23(37)9-10-38(22,4)39(17,5)13-24(45)41(18)14-25(36)55-35(41)52/h7,18-33,42-49H,8-16H2,1-6H3,(H,50,51)/t18-,19-,20+,21+,22+,23+,24+,25-,26-,27+,28+,29+,30+,31-,32-,33-,37+,38+,39+,40-,41+/m0/s1. The zero-order valence-corrected chi connectivity index (χ0v) is 33.6. The molecular formula is C41H62O16. The van der Waals surface area contributed by atoms with E-state index >= 15 is 0 Å². The van der Waals surface area contributed by atoms with Gasteiger partial charge in [-0.1, -0.05) is 46.3 Å². The summed E-state index contributed by atoms with van der Waals surface area (Å²) < 4.78 is 29.0. The van der Waals surface area contributed by atoms with Crippen molar-refractivity contribution in [2.75, 3.05) is 13.2 Å². The first-order chi connectivity index (χ1) is 26.5. The topological polar surface area (TPSA) is 262 Å². The maximum absolute atomic E-state index is 13.6. The van der Waals surface area contributed by atoms with Gasteiger partial charge >= 0.3 is 11.9 Å². The van der Waals surface area contributed by atoms with Gasteiger partial charge in [0, 0.05) is 11.8 Å². The fourth-order valence-corrected chi connectivity index (χ4v) is 13.9. The minimum Gasteiger partial charge on any atom is -0.481 e. The molecule has 3 heterocycles. The third kappa shape index (κ3) is 5.54. The molecule has 322 valence electrons. The highest BCUT2D eigenvalue weighted by atomic mass is 16.7. The van der Waals surface area contributed by atoms with Crippen molar-refractivity contribution < 1.29 is 79.2 Å². The van der Waals surface area contributed by atoms with Crippen LogP contribution in [0.2, 0.25) is 0 Å². The second-order valence-electron chi connectivity index (χ2n) is 20.4. The maximum atomic E-state index is 13.6. The Labute approximate surface area is 332 Å². The number of ether oxygens (including phenoxy) is 5. The van der Waals surface area contributed by atoms with Crippen LogP contribution >= 0.6 is 0 Å². The summed E-state index contributed by atoms with van der Waals surface area (Å²) >= 11 is 0. The molecule has 0 aromatic heterocycles. The average Bonchev–Trinajstić information content (AvgIpc) is 3.46. The van der Waals surface area contributed by atoms with Crippen LogP contribution in [0.5, 0.6) is 0 Å². The summed E-state index contributed by atoms with van der Waals surface area (Å²) in [6.45, 7) is 11.1. The molecular weight excluding hydrogens is 748 g/mol. The van der Waals surface area contributed by atoms with E-state index in [0.717, 1.165) is 0 Å². The number of aliphatic hydroxyl groups is 8. The fraction of sp³-hybridized carbons (Fsp3) is 0.902. The second-order valence-corrected chi connectivity index (χ2v) is 20.4. The van der Waals surface area contributed by atoms with Gasteiger partial charge in [0.1, 0.15) is 60.4 Å². The number of carbonyl (C=O) groups is 2. The van der Waals surface area contributed by atoms with Gasteiger partial charge in [-0.3, -0.25) is 9.59 Å². The average molecular weight is 811 g/mol. The van der Waals surface area contributed by atoms with Gasteiger partial charge in [-0.05, 0) is 79.4 Å². The van der Waals surface area contributed by atoms with E-state index in [2.05, 4.69) is 33.8 Å². The first-order valence-corrected chi connectivity index (χ1v) is 20.6. The monoisotopic (exact) mass is 810 g/mol. The molecule has 0 unspecified atom stereocenters. The van der Waals surface area contributed by atoms with Crippen LogP contribution in [0.25, 0.3) is 0 Å². The van der Waals surface area contributed by atoms with Crippen LogP contribution in [0.3, 0.4) is 0 Å². The molecule has 3 aliphatic heterocycles. The molecule has 0 aromatic carbocycles. The normalized spacial score (nSPS) is 56.7. The number of carbonyl (C=O) groups excluding carboxylic acids is 1. The summed E-state index contributed by atoms with van der Waals surface area (Å²) in [6.07, 6.45) is -13.0. The van der Waals surface area contributed by atoms with Crippen molar-refractivity contribution in [3.8, 4) is 0 Å². The number of carboxylic acid groups (broad SMARTS) is 1. The lowest BCUT2D eigenvalue weighted by molar-refractivity contribution is -0.365. The van der Waals surface area contributed by atoms with Crippen molar-refractivity contribution in [2.24, 2.45) is 50.2 Å². The smallest absolute Gasteiger partial charge is 0.315 e. The van der Waals surface area contributed by atoms with Gasteiger partial charge in [0.25, 0.3) is 0 Å². The molecule has 1 spiro atoms. The fourth-order valence-electron chi connectivity index (χ4n) is 13.9. The Kier molecular flexibility index (Phi) is 10.0. The highest BCUT2D eigenvalue weighted by molar-refractivity contribution is 5.82. The molecule has 2 bridgehead atoms. The van der Waals surface area contributed by atoms with Crippen molar-refractivity contribution >= 4 is 11.9 Å². The highest BCUT2D eigenvalue weighted by Crippen LogP contribution is 2.76. The lowest BCUT2D eigenvalue weighted by Crippen LogP contribution is -2.71. The summed E-state index contributed by atoms with van der Waals surface area (Å²) in [5.74, 6) is -2.38. The van der Waals surface area contributed by atoms with Crippen molar-refractivity contribution in [3.63, 3.8) is 0 Å². The molecule has 9 N–H and O–H groups in total. The van der Waals surface area contributed by atoms with Crippen LogP contribution in [-0.4, -0.2) is 151 Å². The molecule has 21 atom stereocenters. The van der Waals surface area contributed by atoms with E-state index in [-0.39, 0.29) is 35.7 Å². The van der Waals surface area contributed by atoms with E-state index in [1.807, 2.05) is 6.92 Å². The van der Waals surface area contributed by atoms with Crippen LogP contribution < -0.4 is 0 Å². The van der Waals surface area contributed by atoms with Crippen molar-refractivity contribution in [3.05, 3.63) is 11.6 Å². The Hall–Kier alpha value is -1.80. The molecule has 0 aromatic rings. The minimum absolute atomic E-state index is 0.125. The van der Waals surface area contributed by atoms with E-state index in [9.17, 15) is 55.5 Å². The second kappa shape index (κ2) is 13.6. The molecule has 16 heteroatoms. The van der Waals surface area contributed by atoms with Gasteiger partial charge < -0.3 is 69.6 Å². The van der Waals surface area contributed by atoms with E-state index in [4.69, 9.17) is 23.7 Å². The molecule has 0 radical (unpaired) electrons. The van der Waals surface area contributed by atoms with E-state index in [1.165, 1.54) is 5.57 Å².